The van der Waals surface area contributed by atoms with Gasteiger partial charge in [-0.2, -0.15) is 11.8 Å². The highest BCUT2D eigenvalue weighted by atomic mass is 32.2. The lowest BCUT2D eigenvalue weighted by atomic mass is 9.78. The zero-order chi connectivity index (χ0) is 18.2. The van der Waals surface area contributed by atoms with Gasteiger partial charge < -0.3 is 14.8 Å². The molecule has 0 bridgehead atoms. The van der Waals surface area contributed by atoms with E-state index in [0.717, 1.165) is 24.1 Å². The fourth-order valence-corrected chi connectivity index (χ4v) is 6.32. The molecule has 25 heavy (non-hydrogen) atoms. The Labute approximate surface area is 157 Å². The van der Waals surface area contributed by atoms with Crippen molar-refractivity contribution in [3.8, 4) is 0 Å². The largest absolute Gasteiger partial charge is 0.430 e. The molecule has 2 N–H and O–H groups in total. The molecule has 0 radical (unpaired) electrons. The van der Waals surface area contributed by atoms with Crippen LogP contribution in [-0.2, 0) is 9.53 Å². The van der Waals surface area contributed by atoms with Gasteiger partial charge in [0.15, 0.2) is 0 Å². The monoisotopic (exact) mass is 379 g/mol. The smallest absolute Gasteiger partial charge is 0.305 e. The highest BCUT2D eigenvalue weighted by Crippen LogP contribution is 2.56. The number of rotatable bonds is 5. The van der Waals surface area contributed by atoms with Crippen LogP contribution in [0.25, 0.3) is 10.9 Å². The normalized spacial score (nSPS) is 28.8. The summed E-state index contributed by atoms with van der Waals surface area (Å²) in [5.74, 6) is -1.85. The summed E-state index contributed by atoms with van der Waals surface area (Å²) in [6.45, 7) is 3.51. The average Bonchev–Trinajstić information content (AvgIpc) is 2.93. The third-order valence-corrected chi connectivity index (χ3v) is 7.17. The molecule has 1 heterocycles. The lowest BCUT2D eigenvalue weighted by Gasteiger charge is -2.47. The maximum atomic E-state index is 11.8. The van der Waals surface area contributed by atoms with E-state index in [1.54, 1.807) is 11.8 Å². The van der Waals surface area contributed by atoms with Gasteiger partial charge in [0.2, 0.25) is 5.79 Å². The molecule has 1 aliphatic carbocycles. The molecule has 3 rings (SSSR count). The number of thioether (sulfide) groups is 2. The van der Waals surface area contributed by atoms with Crippen molar-refractivity contribution in [1.82, 2.24) is 4.98 Å². The van der Waals surface area contributed by atoms with Gasteiger partial charge in [-0.05, 0) is 30.6 Å². The molecular formula is C19H25NO3S2. The van der Waals surface area contributed by atoms with Gasteiger partial charge in [0.1, 0.15) is 5.25 Å². The van der Waals surface area contributed by atoms with Crippen molar-refractivity contribution in [2.45, 2.75) is 48.9 Å². The molecule has 2 aromatic rings. The molecule has 4 atom stereocenters. The van der Waals surface area contributed by atoms with Crippen molar-refractivity contribution < 1.29 is 14.6 Å². The topological polar surface area (TPSA) is 62.3 Å². The van der Waals surface area contributed by atoms with Crippen LogP contribution in [0.5, 0.6) is 0 Å². The van der Waals surface area contributed by atoms with Crippen molar-refractivity contribution >= 4 is 40.4 Å². The van der Waals surface area contributed by atoms with Crippen LogP contribution in [0.2, 0.25) is 0 Å². The minimum absolute atomic E-state index is 0.124. The number of para-hydroxylation sites is 1. The summed E-state index contributed by atoms with van der Waals surface area (Å²) in [6.07, 6.45) is 5.87. The Morgan fingerprint density at radius 1 is 1.32 bits per heavy atom. The molecule has 1 aliphatic rings. The first-order valence-corrected chi connectivity index (χ1v) is 11.1. The van der Waals surface area contributed by atoms with E-state index in [4.69, 9.17) is 4.74 Å². The molecule has 136 valence electrons. The highest BCUT2D eigenvalue weighted by molar-refractivity contribution is 8.00. The van der Waals surface area contributed by atoms with Gasteiger partial charge in [0.05, 0.1) is 5.25 Å². The third kappa shape index (κ3) is 2.98. The van der Waals surface area contributed by atoms with E-state index in [-0.39, 0.29) is 16.4 Å². The highest BCUT2D eigenvalue weighted by Gasteiger charge is 2.56. The molecule has 0 saturated heterocycles. The zero-order valence-electron chi connectivity index (χ0n) is 15.0. The molecule has 0 amide bonds. The lowest BCUT2D eigenvalue weighted by molar-refractivity contribution is -0.211. The fraction of sp³-hybridized carbons (Fsp3) is 0.526. The Kier molecular flexibility index (Phi) is 5.42. The molecule has 0 aliphatic heterocycles. The number of esters is 1. The molecule has 0 fully saturated rings. The van der Waals surface area contributed by atoms with Crippen LogP contribution in [0.1, 0.15) is 49.1 Å². The van der Waals surface area contributed by atoms with Crippen molar-refractivity contribution in [2.75, 3.05) is 12.5 Å². The Hall–Kier alpha value is -1.11. The van der Waals surface area contributed by atoms with E-state index < -0.39 is 11.8 Å². The predicted molar refractivity (Wildman–Crippen MR) is 106 cm³/mol. The fourth-order valence-electron chi connectivity index (χ4n) is 4.15. The van der Waals surface area contributed by atoms with E-state index in [1.165, 1.54) is 29.6 Å². The van der Waals surface area contributed by atoms with E-state index in [9.17, 15) is 9.90 Å². The number of hydrogen-bond donors (Lipinski definition) is 2. The average molecular weight is 380 g/mol. The molecule has 6 heteroatoms. The van der Waals surface area contributed by atoms with E-state index in [0.29, 0.717) is 0 Å². The van der Waals surface area contributed by atoms with Crippen LogP contribution in [0.3, 0.4) is 0 Å². The second kappa shape index (κ2) is 7.25. The zero-order valence-corrected chi connectivity index (χ0v) is 16.7. The maximum absolute atomic E-state index is 11.8. The third-order valence-electron chi connectivity index (χ3n) is 4.96. The van der Waals surface area contributed by atoms with Gasteiger partial charge in [-0.25, -0.2) is 0 Å². The van der Waals surface area contributed by atoms with Gasteiger partial charge in [-0.15, -0.1) is 11.8 Å². The van der Waals surface area contributed by atoms with Crippen LogP contribution < -0.4 is 0 Å². The van der Waals surface area contributed by atoms with Gasteiger partial charge in [0, 0.05) is 29.4 Å². The number of aromatic nitrogens is 1. The number of aliphatic hydroxyl groups is 1. The molecule has 1 aromatic carbocycles. The second-order valence-electron chi connectivity index (χ2n) is 6.51. The Morgan fingerprint density at radius 3 is 2.64 bits per heavy atom. The SMILES string of the molecule is CCCC1c2c([nH]c3ccccc23)C(SC)C(O)(OC(C)=O)C1SC. The number of H-pyrrole nitrogens is 1. The first kappa shape index (κ1) is 18.7. The van der Waals surface area contributed by atoms with Crippen molar-refractivity contribution in [3.63, 3.8) is 0 Å². The van der Waals surface area contributed by atoms with Gasteiger partial charge >= 0.3 is 5.97 Å². The quantitative estimate of drug-likeness (QED) is 0.593. The van der Waals surface area contributed by atoms with Crippen molar-refractivity contribution in [3.05, 3.63) is 35.5 Å². The molecule has 4 unspecified atom stereocenters. The number of nitrogens with one attached hydrogen (secondary N) is 1. The van der Waals surface area contributed by atoms with Crippen LogP contribution in [0.15, 0.2) is 24.3 Å². The standard InChI is InChI=1S/C19H25NO3S2/c1-5-8-13-15-12-9-6-7-10-14(12)20-16(15)18(25-4)19(22,17(13)24-3)23-11(2)21/h6-7,9-10,13,17-18,20,22H,5,8H2,1-4H3. The summed E-state index contributed by atoms with van der Waals surface area (Å²) in [4.78, 5) is 15.3. The van der Waals surface area contributed by atoms with Crippen molar-refractivity contribution in [1.29, 1.82) is 0 Å². The first-order chi connectivity index (χ1) is 12.0. The number of fused-ring (bicyclic) bond motifs is 3. The van der Waals surface area contributed by atoms with Gasteiger partial charge in [-0.1, -0.05) is 31.5 Å². The van der Waals surface area contributed by atoms with E-state index in [1.807, 2.05) is 18.6 Å². The summed E-state index contributed by atoms with van der Waals surface area (Å²) in [7, 11) is 0. The number of hydrogen-bond acceptors (Lipinski definition) is 5. The minimum Gasteiger partial charge on any atom is -0.430 e. The number of carbonyl (C=O) groups is 1. The van der Waals surface area contributed by atoms with Crippen LogP contribution in [0.4, 0.5) is 0 Å². The van der Waals surface area contributed by atoms with E-state index >= 15 is 0 Å². The van der Waals surface area contributed by atoms with Gasteiger partial charge in [0.25, 0.3) is 0 Å². The molecule has 0 spiro atoms. The Balaban J connectivity index is 2.27. The number of ether oxygens (including phenoxy) is 1. The molecule has 4 nitrogen and oxygen atoms in total. The molecule has 1 aromatic heterocycles. The molecular weight excluding hydrogens is 354 g/mol. The van der Waals surface area contributed by atoms with Crippen LogP contribution in [0, 0.1) is 0 Å². The number of carbonyl (C=O) groups excluding carboxylic acids is 1. The summed E-state index contributed by atoms with van der Waals surface area (Å²) < 4.78 is 5.57. The Bertz CT molecular complexity index is 775. The summed E-state index contributed by atoms with van der Waals surface area (Å²) in [6, 6.07) is 8.26. The summed E-state index contributed by atoms with van der Waals surface area (Å²) >= 11 is 3.10. The summed E-state index contributed by atoms with van der Waals surface area (Å²) in [5, 5.41) is 12.2. The van der Waals surface area contributed by atoms with E-state index in [2.05, 4.69) is 30.1 Å². The van der Waals surface area contributed by atoms with Crippen LogP contribution >= 0.6 is 23.5 Å². The van der Waals surface area contributed by atoms with Crippen molar-refractivity contribution in [2.24, 2.45) is 0 Å². The number of benzene rings is 1. The van der Waals surface area contributed by atoms with Gasteiger partial charge in [-0.3, -0.25) is 4.79 Å². The minimum atomic E-state index is -1.53. The first-order valence-electron chi connectivity index (χ1n) is 8.55. The predicted octanol–water partition coefficient (Wildman–Crippen LogP) is 4.45. The number of aromatic amines is 1. The molecule has 0 saturated carbocycles. The van der Waals surface area contributed by atoms with Crippen LogP contribution in [-0.4, -0.2) is 39.6 Å². The second-order valence-corrected chi connectivity index (χ2v) is 8.43. The lowest BCUT2D eigenvalue weighted by Crippen LogP contribution is -2.53. The Morgan fingerprint density at radius 2 is 2.04 bits per heavy atom. The summed E-state index contributed by atoms with van der Waals surface area (Å²) in [5.41, 5.74) is 3.33. The maximum Gasteiger partial charge on any atom is 0.305 e.